The minimum atomic E-state index is -0.187. The fourth-order valence-electron chi connectivity index (χ4n) is 1.04. The van der Waals surface area contributed by atoms with Crippen LogP contribution in [0.5, 0.6) is 0 Å². The van der Waals surface area contributed by atoms with Crippen LogP contribution in [0.15, 0.2) is 36.4 Å². The Kier molecular flexibility index (Phi) is 2.64. The summed E-state index contributed by atoms with van der Waals surface area (Å²) in [6, 6.07) is 6.56. The van der Waals surface area contributed by atoms with E-state index in [0.717, 1.165) is 11.1 Å². The summed E-state index contributed by atoms with van der Waals surface area (Å²) in [5, 5.41) is 0. The van der Waals surface area contributed by atoms with Gasteiger partial charge in [0.1, 0.15) is 5.82 Å². The summed E-state index contributed by atoms with van der Waals surface area (Å²) < 4.78 is 12.5. The van der Waals surface area contributed by atoms with Crippen LogP contribution in [0, 0.1) is 5.82 Å². The van der Waals surface area contributed by atoms with Gasteiger partial charge in [0.15, 0.2) is 0 Å². The lowest BCUT2D eigenvalue weighted by atomic mass is 9.95. The summed E-state index contributed by atoms with van der Waals surface area (Å²) in [5.74, 6) is 0.123. The number of hydrogen-bond donors (Lipinski definition) is 0. The van der Waals surface area contributed by atoms with E-state index in [0.29, 0.717) is 5.92 Å². The summed E-state index contributed by atoms with van der Waals surface area (Å²) in [6.45, 7) is 7.91. The number of halogens is 1. The van der Waals surface area contributed by atoms with Gasteiger partial charge < -0.3 is 0 Å². The van der Waals surface area contributed by atoms with Crippen molar-refractivity contribution in [2.45, 2.75) is 19.8 Å². The Morgan fingerprint density at radius 3 is 2.25 bits per heavy atom. The van der Waals surface area contributed by atoms with Gasteiger partial charge in [0.2, 0.25) is 0 Å². The van der Waals surface area contributed by atoms with Crippen molar-refractivity contribution in [3.63, 3.8) is 0 Å². The average molecular weight is 164 g/mol. The van der Waals surface area contributed by atoms with Crippen molar-refractivity contribution >= 4 is 0 Å². The minimum Gasteiger partial charge on any atom is -0.207 e. The van der Waals surface area contributed by atoms with Crippen LogP contribution in [0.1, 0.15) is 25.3 Å². The standard InChI is InChI=1S/C11H13F/c1-8(2)9(3)10-4-6-11(12)7-5-10/h4-7,9H,1H2,2-3H3/t9-/m0/s1. The van der Waals surface area contributed by atoms with E-state index in [2.05, 4.69) is 13.5 Å². The molecule has 12 heavy (non-hydrogen) atoms. The normalized spacial score (nSPS) is 12.6. The molecule has 0 radical (unpaired) electrons. The molecular formula is C11H13F. The van der Waals surface area contributed by atoms with Gasteiger partial charge in [-0.2, -0.15) is 0 Å². The fraction of sp³-hybridized carbons (Fsp3) is 0.273. The molecule has 0 spiro atoms. The van der Waals surface area contributed by atoms with Gasteiger partial charge in [-0.3, -0.25) is 0 Å². The Morgan fingerprint density at radius 1 is 1.33 bits per heavy atom. The fourth-order valence-corrected chi connectivity index (χ4v) is 1.04. The molecule has 0 amide bonds. The molecular weight excluding hydrogens is 151 g/mol. The third-order valence-corrected chi connectivity index (χ3v) is 2.11. The van der Waals surface area contributed by atoms with E-state index >= 15 is 0 Å². The maximum absolute atomic E-state index is 12.5. The Bertz CT molecular complexity index is 272. The lowest BCUT2D eigenvalue weighted by Crippen LogP contribution is -1.93. The van der Waals surface area contributed by atoms with Crippen molar-refractivity contribution in [3.8, 4) is 0 Å². The molecule has 1 rings (SSSR count). The molecule has 0 heterocycles. The second-order valence-corrected chi connectivity index (χ2v) is 3.12. The minimum absolute atomic E-state index is 0.187. The van der Waals surface area contributed by atoms with E-state index in [1.165, 1.54) is 12.1 Å². The molecule has 0 fully saturated rings. The van der Waals surface area contributed by atoms with E-state index in [1.807, 2.05) is 6.92 Å². The molecule has 1 aromatic rings. The molecule has 0 saturated heterocycles. The van der Waals surface area contributed by atoms with Crippen molar-refractivity contribution in [3.05, 3.63) is 47.8 Å². The first-order chi connectivity index (χ1) is 5.61. The largest absolute Gasteiger partial charge is 0.207 e. The average Bonchev–Trinajstić information content (AvgIpc) is 2.04. The van der Waals surface area contributed by atoms with Gasteiger partial charge >= 0.3 is 0 Å². The molecule has 0 aromatic heterocycles. The summed E-state index contributed by atoms with van der Waals surface area (Å²) in [4.78, 5) is 0. The highest BCUT2D eigenvalue weighted by atomic mass is 19.1. The smallest absolute Gasteiger partial charge is 0.123 e. The highest BCUT2D eigenvalue weighted by Crippen LogP contribution is 2.21. The van der Waals surface area contributed by atoms with Crippen molar-refractivity contribution in [2.75, 3.05) is 0 Å². The predicted octanol–water partition coefficient (Wildman–Crippen LogP) is 3.51. The Balaban J connectivity index is 2.89. The molecule has 64 valence electrons. The van der Waals surface area contributed by atoms with Gasteiger partial charge in [0.05, 0.1) is 0 Å². The topological polar surface area (TPSA) is 0 Å². The van der Waals surface area contributed by atoms with Crippen LogP contribution in [-0.4, -0.2) is 0 Å². The van der Waals surface area contributed by atoms with Crippen LogP contribution < -0.4 is 0 Å². The van der Waals surface area contributed by atoms with Crippen molar-refractivity contribution < 1.29 is 4.39 Å². The van der Waals surface area contributed by atoms with E-state index in [9.17, 15) is 4.39 Å². The quantitative estimate of drug-likeness (QED) is 0.587. The molecule has 0 aliphatic heterocycles. The monoisotopic (exact) mass is 164 g/mol. The molecule has 0 unspecified atom stereocenters. The molecule has 0 bridgehead atoms. The van der Waals surface area contributed by atoms with Crippen molar-refractivity contribution in [2.24, 2.45) is 0 Å². The highest BCUT2D eigenvalue weighted by molar-refractivity contribution is 5.26. The maximum Gasteiger partial charge on any atom is 0.123 e. The van der Waals surface area contributed by atoms with Crippen LogP contribution in [0.2, 0.25) is 0 Å². The molecule has 0 aliphatic carbocycles. The lowest BCUT2D eigenvalue weighted by molar-refractivity contribution is 0.626. The van der Waals surface area contributed by atoms with Crippen molar-refractivity contribution in [1.82, 2.24) is 0 Å². The Hall–Kier alpha value is -1.11. The van der Waals surface area contributed by atoms with Crippen molar-refractivity contribution in [1.29, 1.82) is 0 Å². The number of rotatable bonds is 2. The third kappa shape index (κ3) is 1.94. The van der Waals surface area contributed by atoms with Crippen LogP contribution in [-0.2, 0) is 0 Å². The maximum atomic E-state index is 12.5. The second kappa shape index (κ2) is 3.53. The highest BCUT2D eigenvalue weighted by Gasteiger charge is 2.04. The molecule has 1 aromatic carbocycles. The SMILES string of the molecule is C=C(C)[C@H](C)c1ccc(F)cc1. The third-order valence-electron chi connectivity index (χ3n) is 2.11. The van der Waals surface area contributed by atoms with Gasteiger partial charge in [-0.1, -0.05) is 31.2 Å². The Morgan fingerprint density at radius 2 is 1.83 bits per heavy atom. The lowest BCUT2D eigenvalue weighted by Gasteiger charge is -2.10. The van der Waals surface area contributed by atoms with Gasteiger partial charge in [-0.25, -0.2) is 4.39 Å². The van der Waals surface area contributed by atoms with E-state index < -0.39 is 0 Å². The van der Waals surface area contributed by atoms with Gasteiger partial charge in [0, 0.05) is 5.92 Å². The molecule has 0 saturated carbocycles. The zero-order valence-corrected chi connectivity index (χ0v) is 7.47. The van der Waals surface area contributed by atoms with E-state index in [-0.39, 0.29) is 5.82 Å². The van der Waals surface area contributed by atoms with Crippen LogP contribution >= 0.6 is 0 Å². The predicted molar refractivity (Wildman–Crippen MR) is 49.6 cm³/mol. The number of benzene rings is 1. The van der Waals surface area contributed by atoms with Crippen LogP contribution in [0.25, 0.3) is 0 Å². The van der Waals surface area contributed by atoms with E-state index in [4.69, 9.17) is 0 Å². The zero-order chi connectivity index (χ0) is 9.14. The van der Waals surface area contributed by atoms with Gasteiger partial charge in [0.25, 0.3) is 0 Å². The second-order valence-electron chi connectivity index (χ2n) is 3.12. The Labute approximate surface area is 72.7 Å². The molecule has 0 N–H and O–H groups in total. The molecule has 0 nitrogen and oxygen atoms in total. The molecule has 1 atom stereocenters. The van der Waals surface area contributed by atoms with Crippen LogP contribution in [0.3, 0.4) is 0 Å². The summed E-state index contributed by atoms with van der Waals surface area (Å²) in [7, 11) is 0. The number of allylic oxidation sites excluding steroid dienone is 1. The van der Waals surface area contributed by atoms with Gasteiger partial charge in [-0.15, -0.1) is 0 Å². The molecule has 1 heteroatoms. The van der Waals surface area contributed by atoms with Gasteiger partial charge in [-0.05, 0) is 24.6 Å². The van der Waals surface area contributed by atoms with E-state index in [1.54, 1.807) is 12.1 Å². The zero-order valence-electron chi connectivity index (χ0n) is 7.47. The number of hydrogen-bond acceptors (Lipinski definition) is 0. The first kappa shape index (κ1) is 8.98. The molecule has 0 aliphatic rings. The summed E-state index contributed by atoms with van der Waals surface area (Å²) >= 11 is 0. The summed E-state index contributed by atoms with van der Waals surface area (Å²) in [5.41, 5.74) is 2.21. The summed E-state index contributed by atoms with van der Waals surface area (Å²) in [6.07, 6.45) is 0. The first-order valence-corrected chi connectivity index (χ1v) is 4.02. The van der Waals surface area contributed by atoms with Crippen LogP contribution in [0.4, 0.5) is 4.39 Å². The first-order valence-electron chi connectivity index (χ1n) is 4.02.